The van der Waals surface area contributed by atoms with Crippen LogP contribution < -0.4 is 25.0 Å². The summed E-state index contributed by atoms with van der Waals surface area (Å²) in [6.45, 7) is 10.3. The molecule has 0 radical (unpaired) electrons. The highest BCUT2D eigenvalue weighted by molar-refractivity contribution is 6.04. The number of aliphatic hydroxyl groups excluding tert-OH is 1. The Hall–Kier alpha value is -8.13. The molecule has 19 heteroatoms. The zero-order valence-corrected chi connectivity index (χ0v) is 45.6. The van der Waals surface area contributed by atoms with Crippen molar-refractivity contribution in [3.8, 4) is 51.2 Å². The Kier molecular flexibility index (Phi) is 14.8. The zero-order chi connectivity index (χ0) is 56.1. The molecular weight excluding hydrogens is 1030 g/mol. The van der Waals surface area contributed by atoms with Gasteiger partial charge in [0.15, 0.2) is 5.75 Å². The van der Waals surface area contributed by atoms with E-state index in [2.05, 4.69) is 25.8 Å². The Morgan fingerprint density at radius 2 is 1.68 bits per heavy atom. The van der Waals surface area contributed by atoms with Crippen LogP contribution in [0, 0.1) is 17.6 Å². The number of rotatable bonds is 16. The third-order valence-corrected chi connectivity index (χ3v) is 16.3. The number of phenolic OH excluding ortho intramolecular Hbond substituents is 1. The Morgan fingerprint density at radius 3 is 2.41 bits per heavy atom. The highest BCUT2D eigenvalue weighted by Gasteiger charge is 2.44. The van der Waals surface area contributed by atoms with Crippen LogP contribution in [0.3, 0.4) is 0 Å². The van der Waals surface area contributed by atoms with Gasteiger partial charge in [-0.15, -0.1) is 5.10 Å². The van der Waals surface area contributed by atoms with Gasteiger partial charge in [-0.3, -0.25) is 14.6 Å². The van der Waals surface area contributed by atoms with Gasteiger partial charge in [-0.05, 0) is 83.0 Å². The fourth-order valence-corrected chi connectivity index (χ4v) is 12.1. The number of hydrogen-bond donors (Lipinski definition) is 4. The molecule has 0 unspecified atom stereocenters. The average molecular weight is 1100 g/mol. The summed E-state index contributed by atoms with van der Waals surface area (Å²) in [5.41, 5.74) is 5.80. The molecular formula is C62H64F2N10O7. The van der Waals surface area contributed by atoms with Crippen molar-refractivity contribution in [2.75, 3.05) is 37.7 Å². The minimum atomic E-state index is -0.928. The van der Waals surface area contributed by atoms with Crippen LogP contribution in [0.4, 0.5) is 14.6 Å². The summed E-state index contributed by atoms with van der Waals surface area (Å²) in [6, 6.07) is 26.3. The maximum Gasteiger partial charge on any atom is 0.319 e. The number of benzene rings is 5. The molecule has 4 saturated heterocycles. The molecule has 4 aliphatic heterocycles. The van der Waals surface area contributed by atoms with Gasteiger partial charge in [0, 0.05) is 73.9 Å². The first-order valence-corrected chi connectivity index (χ1v) is 28.0. The lowest BCUT2D eigenvalue weighted by molar-refractivity contribution is -0.142. The summed E-state index contributed by atoms with van der Waals surface area (Å²) >= 11 is 0. The van der Waals surface area contributed by atoms with E-state index in [0.29, 0.717) is 105 Å². The summed E-state index contributed by atoms with van der Waals surface area (Å²) in [5.74, 6) is -0.732. The Morgan fingerprint density at radius 1 is 0.901 bits per heavy atom. The van der Waals surface area contributed by atoms with Gasteiger partial charge in [0.2, 0.25) is 11.8 Å². The van der Waals surface area contributed by atoms with Gasteiger partial charge in [0.1, 0.15) is 64.9 Å². The molecule has 418 valence electrons. The minimum absolute atomic E-state index is 0.0150. The lowest BCUT2D eigenvalue weighted by Gasteiger charge is -2.30. The SMILES string of the molecule is CCc1c(F)ccc2cc(O)cc(-c3ncc4c(N5C[C@@H]6C[C@H]5CN6)nc(OC5CCOCC5)nc4c3OCc3ccc(-c4cn([C@H](C(=O)N5C[C@H](O)C[C@H]5C(=O)N[C@@H](C)c5ccc(-c6ccccc6F)cc5)C(C)C)nn4)cc3)c12. The molecule has 81 heavy (non-hydrogen) atoms. The van der Waals surface area contributed by atoms with Crippen LogP contribution in [0.2, 0.25) is 0 Å². The van der Waals surface area contributed by atoms with Gasteiger partial charge in [-0.2, -0.15) is 9.97 Å². The molecule has 4 aliphatic rings. The van der Waals surface area contributed by atoms with E-state index in [-0.39, 0.29) is 66.9 Å². The minimum Gasteiger partial charge on any atom is -0.508 e. The predicted molar refractivity (Wildman–Crippen MR) is 301 cm³/mol. The van der Waals surface area contributed by atoms with E-state index >= 15 is 4.39 Å². The van der Waals surface area contributed by atoms with E-state index < -0.39 is 30.1 Å². The van der Waals surface area contributed by atoms with Crippen LogP contribution >= 0.6 is 0 Å². The lowest BCUT2D eigenvalue weighted by Crippen LogP contribution is -2.49. The number of phenols is 1. The number of aliphatic hydroxyl groups is 1. The van der Waals surface area contributed by atoms with Crippen molar-refractivity contribution in [1.29, 1.82) is 0 Å². The predicted octanol–water partition coefficient (Wildman–Crippen LogP) is 9.04. The Balaban J connectivity index is 0.813. The number of hydrogen-bond acceptors (Lipinski definition) is 14. The largest absolute Gasteiger partial charge is 0.508 e. The standard InChI is InChI=1S/C62H64F2N10O7/c1-5-46-51(64)19-18-40-24-43(75)26-48(54(40)46)55-58(56-49(29-66-55)59(72-30-41-25-42(72)28-65-41)69-62(68-56)81-45-20-22-79-23-21-45)80-33-36-10-12-39(13-11-36)52-32-74(71-70-52)57(34(2)3)61(78)73-31-44(76)27-53(73)60(77)67-35(4)37-14-16-38(17-15-37)47-8-6-7-9-50(47)63/h6-19,24,26,29,32,34-35,41-42,44-45,53,57,65,75-76H,5,20-23,25,27-28,30-31,33H2,1-4H3,(H,67,77)/t35-,41-,42-,44+,53-,57-/m0/s1. The number of aromatic hydroxyl groups is 1. The van der Waals surface area contributed by atoms with E-state index in [1.165, 1.54) is 21.7 Å². The van der Waals surface area contributed by atoms with Gasteiger partial charge in [-0.1, -0.05) is 98.8 Å². The van der Waals surface area contributed by atoms with Crippen LogP contribution in [-0.4, -0.2) is 120 Å². The van der Waals surface area contributed by atoms with E-state index in [4.69, 9.17) is 29.2 Å². The molecule has 4 fully saturated rings. The number of carbonyl (C=O) groups is 2. The second-order valence-electron chi connectivity index (χ2n) is 22.1. The molecule has 5 aromatic carbocycles. The molecule has 7 heterocycles. The number of ether oxygens (including phenoxy) is 3. The van der Waals surface area contributed by atoms with Crippen LogP contribution in [-0.2, 0) is 27.4 Å². The summed E-state index contributed by atoms with van der Waals surface area (Å²) in [4.78, 5) is 47.5. The maximum absolute atomic E-state index is 15.7. The molecule has 3 aromatic heterocycles. The number of likely N-dealkylation sites (tertiary alicyclic amines) is 1. The molecule has 0 saturated carbocycles. The van der Waals surface area contributed by atoms with Gasteiger partial charge in [0.05, 0.1) is 36.9 Å². The van der Waals surface area contributed by atoms with Crippen molar-refractivity contribution in [2.24, 2.45) is 5.92 Å². The molecule has 8 aromatic rings. The maximum atomic E-state index is 15.7. The number of β-amino-alcohol motifs (C(OH)–C–C–N with tert-alkyl or cyclic N) is 1. The smallest absolute Gasteiger partial charge is 0.319 e. The van der Waals surface area contributed by atoms with Crippen molar-refractivity contribution < 1.29 is 42.8 Å². The Bertz CT molecular complexity index is 3650. The number of nitrogens with zero attached hydrogens (tertiary/aromatic N) is 8. The monoisotopic (exact) mass is 1100 g/mol. The van der Waals surface area contributed by atoms with Crippen LogP contribution in [0.15, 0.2) is 109 Å². The average Bonchev–Trinajstić information content (AvgIpc) is 4.40. The number of halogens is 2. The number of carbonyl (C=O) groups excluding carboxylic acids is 2. The number of pyridine rings is 1. The number of amides is 2. The Labute approximate surface area is 467 Å². The molecule has 2 amide bonds. The molecule has 12 rings (SSSR count). The second kappa shape index (κ2) is 22.4. The van der Waals surface area contributed by atoms with Crippen LogP contribution in [0.5, 0.6) is 17.5 Å². The highest BCUT2D eigenvalue weighted by Crippen LogP contribution is 2.45. The zero-order valence-electron chi connectivity index (χ0n) is 45.6. The van der Waals surface area contributed by atoms with E-state index in [1.54, 1.807) is 48.8 Å². The normalized spacial score (nSPS) is 19.9. The van der Waals surface area contributed by atoms with Crippen LogP contribution in [0.25, 0.3) is 55.3 Å². The summed E-state index contributed by atoms with van der Waals surface area (Å²) in [7, 11) is 0. The lowest BCUT2D eigenvalue weighted by atomic mass is 9.94. The van der Waals surface area contributed by atoms with Gasteiger partial charge in [0.25, 0.3) is 0 Å². The van der Waals surface area contributed by atoms with Crippen LogP contribution in [0.1, 0.15) is 82.2 Å². The number of aryl methyl sites for hydroxylation is 1. The molecule has 0 aliphatic carbocycles. The topological polar surface area (TPSA) is 202 Å². The molecule has 2 bridgehead atoms. The third kappa shape index (κ3) is 10.6. The first-order valence-electron chi connectivity index (χ1n) is 28.0. The van der Waals surface area contributed by atoms with E-state index in [9.17, 15) is 24.2 Å². The number of fused-ring (bicyclic) bond motifs is 4. The second-order valence-corrected chi connectivity index (χ2v) is 22.1. The highest BCUT2D eigenvalue weighted by atomic mass is 19.1. The van der Waals surface area contributed by atoms with E-state index in [0.717, 1.165) is 36.2 Å². The molecule has 6 atom stereocenters. The van der Waals surface area contributed by atoms with Crippen molar-refractivity contribution in [3.05, 3.63) is 138 Å². The van der Waals surface area contributed by atoms with Gasteiger partial charge < -0.3 is 44.9 Å². The van der Waals surface area contributed by atoms with Crippen molar-refractivity contribution >= 4 is 39.3 Å². The number of anilines is 1. The molecule has 0 spiro atoms. The van der Waals surface area contributed by atoms with E-state index in [1.807, 2.05) is 76.2 Å². The first kappa shape index (κ1) is 53.5. The summed E-state index contributed by atoms with van der Waals surface area (Å²) in [5, 5.41) is 39.6. The first-order chi connectivity index (χ1) is 39.3. The van der Waals surface area contributed by atoms with Gasteiger partial charge >= 0.3 is 6.01 Å². The summed E-state index contributed by atoms with van der Waals surface area (Å²) in [6.07, 6.45) is 5.21. The summed E-state index contributed by atoms with van der Waals surface area (Å²) < 4.78 is 50.8. The van der Waals surface area contributed by atoms with Crippen molar-refractivity contribution in [2.45, 2.75) is 109 Å². The number of piperazine rings is 1. The van der Waals surface area contributed by atoms with Crippen molar-refractivity contribution in [1.82, 2.24) is 45.5 Å². The molecule has 17 nitrogen and oxygen atoms in total. The number of nitrogens with one attached hydrogen (secondary N) is 2. The molecule has 4 N–H and O–H groups in total. The third-order valence-electron chi connectivity index (χ3n) is 16.3. The fraction of sp³-hybridized carbons (Fsp3) is 0.371. The quantitative estimate of drug-likeness (QED) is 0.0714. The fourth-order valence-electron chi connectivity index (χ4n) is 12.1. The van der Waals surface area contributed by atoms with Gasteiger partial charge in [-0.25, -0.2) is 13.5 Å². The number of aromatic nitrogens is 6. The van der Waals surface area contributed by atoms with Crippen molar-refractivity contribution in [3.63, 3.8) is 0 Å².